The molecule has 8 heteroatoms. The van der Waals surface area contributed by atoms with Gasteiger partial charge in [-0.25, -0.2) is 8.42 Å². The van der Waals surface area contributed by atoms with Gasteiger partial charge in [0.2, 0.25) is 0 Å². The Hall–Kier alpha value is -3.39. The third kappa shape index (κ3) is 4.55. The Morgan fingerprint density at radius 1 is 0.931 bits per heavy atom. The van der Waals surface area contributed by atoms with Gasteiger partial charge in [-0.05, 0) is 48.9 Å². The number of furan rings is 1. The lowest BCUT2D eigenvalue weighted by Gasteiger charge is -2.13. The molecule has 29 heavy (non-hydrogen) atoms. The van der Waals surface area contributed by atoms with E-state index in [0.29, 0.717) is 5.69 Å². The van der Waals surface area contributed by atoms with E-state index in [1.807, 2.05) is 0 Å². The average molecular weight is 412 g/mol. The molecule has 1 aromatic heterocycles. The third-order valence-electron chi connectivity index (χ3n) is 4.34. The van der Waals surface area contributed by atoms with Crippen molar-refractivity contribution in [3.8, 4) is 0 Å². The second-order valence-electron chi connectivity index (χ2n) is 6.31. The van der Waals surface area contributed by atoms with Gasteiger partial charge in [-0.2, -0.15) is 0 Å². The Labute approximate surface area is 168 Å². The molecule has 0 atom stereocenters. The number of rotatable bonds is 6. The smallest absolute Gasteiger partial charge is 0.291 e. The zero-order valence-corrected chi connectivity index (χ0v) is 16.7. The van der Waals surface area contributed by atoms with Gasteiger partial charge in [0.05, 0.1) is 22.6 Å². The summed E-state index contributed by atoms with van der Waals surface area (Å²) >= 11 is 0. The predicted molar refractivity (Wildman–Crippen MR) is 110 cm³/mol. The summed E-state index contributed by atoms with van der Waals surface area (Å²) in [6, 6.07) is 14.2. The van der Waals surface area contributed by atoms with Crippen LogP contribution in [-0.2, 0) is 9.84 Å². The Kier molecular flexibility index (Phi) is 5.84. The summed E-state index contributed by atoms with van der Waals surface area (Å²) in [5, 5.41) is 5.35. The molecular weight excluding hydrogens is 392 g/mol. The highest BCUT2D eigenvalue weighted by molar-refractivity contribution is 7.91. The van der Waals surface area contributed by atoms with Crippen LogP contribution in [0.2, 0.25) is 0 Å². The molecule has 0 unspecified atom stereocenters. The van der Waals surface area contributed by atoms with E-state index in [1.54, 1.807) is 44.2 Å². The van der Waals surface area contributed by atoms with Crippen molar-refractivity contribution in [3.63, 3.8) is 0 Å². The number of hydrogen-bond donors (Lipinski definition) is 2. The van der Waals surface area contributed by atoms with E-state index in [1.165, 1.54) is 30.5 Å². The number of benzene rings is 2. The molecule has 7 nitrogen and oxygen atoms in total. The third-order valence-corrected chi connectivity index (χ3v) is 6.13. The summed E-state index contributed by atoms with van der Waals surface area (Å²) in [7, 11) is -3.49. The van der Waals surface area contributed by atoms with Crippen LogP contribution in [0, 0.1) is 6.92 Å². The van der Waals surface area contributed by atoms with Gasteiger partial charge >= 0.3 is 0 Å². The first kappa shape index (κ1) is 20.3. The van der Waals surface area contributed by atoms with Crippen LogP contribution < -0.4 is 10.6 Å². The largest absolute Gasteiger partial charge is 0.459 e. The second kappa shape index (κ2) is 8.32. The fraction of sp³-hybridized carbons (Fsp3) is 0.143. The van der Waals surface area contributed by atoms with Crippen molar-refractivity contribution in [3.05, 3.63) is 77.7 Å². The van der Waals surface area contributed by atoms with Gasteiger partial charge in [0.15, 0.2) is 15.6 Å². The first-order chi connectivity index (χ1) is 13.8. The molecule has 150 valence electrons. The normalized spacial score (nSPS) is 11.1. The SMILES string of the molecule is CCS(=O)(=O)c1ccccc1NC(=O)c1ccc(C)c(NC(=O)c2ccco2)c1. The Bertz CT molecular complexity index is 1150. The van der Waals surface area contributed by atoms with Crippen molar-refractivity contribution in [1.29, 1.82) is 0 Å². The van der Waals surface area contributed by atoms with E-state index in [2.05, 4.69) is 10.6 Å². The Morgan fingerprint density at radius 3 is 2.34 bits per heavy atom. The standard InChI is InChI=1S/C21H20N2O5S/c1-3-29(26,27)19-9-5-4-7-16(19)22-20(24)15-11-10-14(2)17(13-15)23-21(25)18-8-6-12-28-18/h4-13H,3H2,1-2H3,(H,22,24)(H,23,25). The number of para-hydroxylation sites is 1. The number of aryl methyl sites for hydroxylation is 1. The zero-order chi connectivity index (χ0) is 21.0. The molecule has 2 amide bonds. The van der Waals surface area contributed by atoms with Crippen LogP contribution in [0.15, 0.2) is 70.2 Å². The van der Waals surface area contributed by atoms with Crippen molar-refractivity contribution in [1.82, 2.24) is 0 Å². The predicted octanol–water partition coefficient (Wildman–Crippen LogP) is 3.89. The number of amides is 2. The quantitative estimate of drug-likeness (QED) is 0.639. The van der Waals surface area contributed by atoms with E-state index in [0.717, 1.165) is 5.56 Å². The van der Waals surface area contributed by atoms with E-state index in [9.17, 15) is 18.0 Å². The lowest BCUT2D eigenvalue weighted by Crippen LogP contribution is -2.17. The molecule has 0 aliphatic carbocycles. The molecule has 0 aliphatic rings. The maximum absolute atomic E-state index is 12.7. The van der Waals surface area contributed by atoms with Gasteiger partial charge in [-0.1, -0.05) is 25.1 Å². The summed E-state index contributed by atoms with van der Waals surface area (Å²) in [5.41, 5.74) is 1.69. The monoisotopic (exact) mass is 412 g/mol. The molecule has 3 rings (SSSR count). The van der Waals surface area contributed by atoms with Gasteiger partial charge < -0.3 is 15.1 Å². The van der Waals surface area contributed by atoms with E-state index < -0.39 is 21.7 Å². The maximum Gasteiger partial charge on any atom is 0.291 e. The van der Waals surface area contributed by atoms with Crippen LogP contribution in [0.3, 0.4) is 0 Å². The minimum absolute atomic E-state index is 0.0642. The Morgan fingerprint density at radius 2 is 1.66 bits per heavy atom. The van der Waals surface area contributed by atoms with E-state index >= 15 is 0 Å². The summed E-state index contributed by atoms with van der Waals surface area (Å²) < 4.78 is 29.6. The molecule has 0 saturated heterocycles. The highest BCUT2D eigenvalue weighted by Gasteiger charge is 2.19. The number of anilines is 2. The van der Waals surface area contributed by atoms with Crippen molar-refractivity contribution in [2.45, 2.75) is 18.7 Å². The minimum Gasteiger partial charge on any atom is -0.459 e. The molecule has 1 heterocycles. The number of sulfone groups is 1. The van der Waals surface area contributed by atoms with Crippen LogP contribution in [0.25, 0.3) is 0 Å². The number of nitrogens with one attached hydrogen (secondary N) is 2. The topological polar surface area (TPSA) is 105 Å². The molecule has 0 fully saturated rings. The second-order valence-corrected chi connectivity index (χ2v) is 8.56. The molecule has 0 saturated carbocycles. The van der Waals surface area contributed by atoms with Gasteiger partial charge in [-0.15, -0.1) is 0 Å². The molecule has 0 spiro atoms. The van der Waals surface area contributed by atoms with Crippen LogP contribution in [0.4, 0.5) is 11.4 Å². The van der Waals surface area contributed by atoms with Gasteiger partial charge in [0.1, 0.15) is 0 Å². The van der Waals surface area contributed by atoms with Crippen molar-refractivity contribution < 1.29 is 22.4 Å². The number of hydrogen-bond acceptors (Lipinski definition) is 5. The molecule has 3 aromatic rings. The molecule has 0 radical (unpaired) electrons. The molecular formula is C21H20N2O5S. The van der Waals surface area contributed by atoms with Gasteiger partial charge in [-0.3, -0.25) is 9.59 Å². The highest BCUT2D eigenvalue weighted by Crippen LogP contribution is 2.24. The fourth-order valence-electron chi connectivity index (χ4n) is 2.68. The average Bonchev–Trinajstić information content (AvgIpc) is 3.25. The van der Waals surface area contributed by atoms with Crippen LogP contribution >= 0.6 is 0 Å². The van der Waals surface area contributed by atoms with Crippen LogP contribution in [0.5, 0.6) is 0 Å². The first-order valence-electron chi connectivity index (χ1n) is 8.90. The lowest BCUT2D eigenvalue weighted by atomic mass is 10.1. The molecule has 0 bridgehead atoms. The zero-order valence-electron chi connectivity index (χ0n) is 15.9. The summed E-state index contributed by atoms with van der Waals surface area (Å²) in [6.45, 7) is 3.34. The van der Waals surface area contributed by atoms with Crippen LogP contribution in [-0.4, -0.2) is 26.0 Å². The van der Waals surface area contributed by atoms with Crippen molar-refractivity contribution >= 4 is 33.0 Å². The van der Waals surface area contributed by atoms with Crippen molar-refractivity contribution in [2.75, 3.05) is 16.4 Å². The minimum atomic E-state index is -3.49. The maximum atomic E-state index is 12.7. The molecule has 0 aliphatic heterocycles. The summed E-state index contributed by atoms with van der Waals surface area (Å²) in [4.78, 5) is 25.0. The number of carbonyl (C=O) groups is 2. The Balaban J connectivity index is 1.85. The summed E-state index contributed by atoms with van der Waals surface area (Å²) in [6.07, 6.45) is 1.40. The first-order valence-corrected chi connectivity index (χ1v) is 10.6. The van der Waals surface area contributed by atoms with Gasteiger partial charge in [0, 0.05) is 11.3 Å². The number of carbonyl (C=O) groups excluding carboxylic acids is 2. The lowest BCUT2D eigenvalue weighted by molar-refractivity contribution is 0.0993. The van der Waals surface area contributed by atoms with Crippen molar-refractivity contribution in [2.24, 2.45) is 0 Å². The van der Waals surface area contributed by atoms with E-state index in [4.69, 9.17) is 4.42 Å². The van der Waals surface area contributed by atoms with E-state index in [-0.39, 0.29) is 27.7 Å². The molecule has 2 N–H and O–H groups in total. The van der Waals surface area contributed by atoms with Gasteiger partial charge in [0.25, 0.3) is 11.8 Å². The highest BCUT2D eigenvalue weighted by atomic mass is 32.2. The summed E-state index contributed by atoms with van der Waals surface area (Å²) in [5.74, 6) is -0.849. The van der Waals surface area contributed by atoms with Crippen LogP contribution in [0.1, 0.15) is 33.4 Å². The molecule has 2 aromatic carbocycles. The fourth-order valence-corrected chi connectivity index (χ4v) is 3.73.